The SMILES string of the molecule is COc1cccc(C(OC(=O)c2sc(-c3ncccn3)nc2C)c2ccncc2)c1. The summed E-state index contributed by atoms with van der Waals surface area (Å²) in [7, 11) is 1.60. The molecule has 4 rings (SSSR count). The Balaban J connectivity index is 1.67. The van der Waals surface area contributed by atoms with Crippen LogP contribution >= 0.6 is 11.3 Å². The molecule has 1 atom stereocenters. The summed E-state index contributed by atoms with van der Waals surface area (Å²) in [6.45, 7) is 1.77. The maximum Gasteiger partial charge on any atom is 0.351 e. The van der Waals surface area contributed by atoms with E-state index in [0.29, 0.717) is 27.2 Å². The van der Waals surface area contributed by atoms with Crippen LogP contribution in [0.4, 0.5) is 0 Å². The number of hydrogen-bond acceptors (Lipinski definition) is 8. The van der Waals surface area contributed by atoms with Crippen molar-refractivity contribution in [2.45, 2.75) is 13.0 Å². The molecule has 0 amide bonds. The lowest BCUT2D eigenvalue weighted by Crippen LogP contribution is -2.13. The Morgan fingerprint density at radius 2 is 1.77 bits per heavy atom. The molecule has 0 N–H and O–H groups in total. The van der Waals surface area contributed by atoms with Crippen LogP contribution in [0.2, 0.25) is 0 Å². The molecule has 0 bridgehead atoms. The van der Waals surface area contributed by atoms with Crippen molar-refractivity contribution >= 4 is 17.3 Å². The first-order valence-corrected chi connectivity index (χ1v) is 9.97. The van der Waals surface area contributed by atoms with Gasteiger partial charge in [-0.25, -0.2) is 19.7 Å². The van der Waals surface area contributed by atoms with Crippen LogP contribution in [-0.2, 0) is 4.74 Å². The van der Waals surface area contributed by atoms with Gasteiger partial charge in [-0.2, -0.15) is 0 Å². The number of esters is 1. The van der Waals surface area contributed by atoms with Crippen LogP contribution in [0.25, 0.3) is 10.8 Å². The number of ether oxygens (including phenoxy) is 2. The summed E-state index contributed by atoms with van der Waals surface area (Å²) in [5.41, 5.74) is 2.18. The molecule has 0 fully saturated rings. The molecule has 1 aromatic carbocycles. The molecule has 30 heavy (non-hydrogen) atoms. The Hall–Kier alpha value is -3.65. The topological polar surface area (TPSA) is 87.1 Å². The van der Waals surface area contributed by atoms with E-state index in [2.05, 4.69) is 19.9 Å². The molecular formula is C22H18N4O3S. The Morgan fingerprint density at radius 3 is 2.50 bits per heavy atom. The molecule has 0 aliphatic carbocycles. The molecule has 0 radical (unpaired) electrons. The Labute approximate surface area is 177 Å². The number of pyridine rings is 1. The lowest BCUT2D eigenvalue weighted by Gasteiger charge is -2.19. The van der Waals surface area contributed by atoms with Crippen molar-refractivity contribution < 1.29 is 14.3 Å². The fraction of sp³-hybridized carbons (Fsp3) is 0.136. The molecule has 0 aliphatic rings. The smallest absolute Gasteiger partial charge is 0.351 e. The van der Waals surface area contributed by atoms with Crippen LogP contribution in [0.3, 0.4) is 0 Å². The molecule has 8 heteroatoms. The molecule has 0 spiro atoms. The summed E-state index contributed by atoms with van der Waals surface area (Å²) in [4.78, 5) is 30.4. The predicted molar refractivity (Wildman–Crippen MR) is 112 cm³/mol. The van der Waals surface area contributed by atoms with Crippen LogP contribution in [0.5, 0.6) is 5.75 Å². The summed E-state index contributed by atoms with van der Waals surface area (Å²) < 4.78 is 11.3. The zero-order valence-electron chi connectivity index (χ0n) is 16.4. The average molecular weight is 418 g/mol. The fourth-order valence-corrected chi connectivity index (χ4v) is 3.82. The first kappa shape index (κ1) is 19.7. The summed E-state index contributed by atoms with van der Waals surface area (Å²) in [5.74, 6) is 0.694. The van der Waals surface area contributed by atoms with Gasteiger partial charge in [0.15, 0.2) is 16.9 Å². The Bertz CT molecular complexity index is 1150. The second-order valence-corrected chi connectivity index (χ2v) is 7.35. The normalized spacial score (nSPS) is 11.7. The number of aryl methyl sites for hydroxylation is 1. The van der Waals surface area contributed by atoms with Crippen LogP contribution in [0.15, 0.2) is 67.3 Å². The fourth-order valence-electron chi connectivity index (χ4n) is 2.92. The van der Waals surface area contributed by atoms with Gasteiger partial charge in [-0.1, -0.05) is 12.1 Å². The molecule has 150 valence electrons. The summed E-state index contributed by atoms with van der Waals surface area (Å²) >= 11 is 1.21. The third-order valence-electron chi connectivity index (χ3n) is 4.37. The van der Waals surface area contributed by atoms with Crippen molar-refractivity contribution in [3.8, 4) is 16.6 Å². The number of benzene rings is 1. The molecule has 4 aromatic rings. The molecule has 0 aliphatic heterocycles. The van der Waals surface area contributed by atoms with E-state index in [0.717, 1.165) is 11.1 Å². The first-order valence-electron chi connectivity index (χ1n) is 9.15. The summed E-state index contributed by atoms with van der Waals surface area (Å²) in [5, 5.41) is 0.571. The third kappa shape index (κ3) is 4.18. The molecule has 3 heterocycles. The van der Waals surface area contributed by atoms with E-state index in [1.807, 2.05) is 36.4 Å². The minimum atomic E-state index is -0.617. The molecule has 3 aromatic heterocycles. The van der Waals surface area contributed by atoms with Gasteiger partial charge in [0.05, 0.1) is 12.8 Å². The van der Waals surface area contributed by atoms with Gasteiger partial charge in [0.1, 0.15) is 10.6 Å². The van der Waals surface area contributed by atoms with Crippen molar-refractivity contribution in [2.24, 2.45) is 0 Å². The zero-order chi connectivity index (χ0) is 20.9. The minimum Gasteiger partial charge on any atom is -0.497 e. The van der Waals surface area contributed by atoms with E-state index < -0.39 is 12.1 Å². The number of carbonyl (C=O) groups excluding carboxylic acids is 1. The predicted octanol–water partition coefficient (Wildman–Crippen LogP) is 4.26. The van der Waals surface area contributed by atoms with Crippen LogP contribution in [0.1, 0.15) is 32.6 Å². The van der Waals surface area contributed by atoms with Crippen LogP contribution in [0, 0.1) is 6.92 Å². The van der Waals surface area contributed by atoms with Gasteiger partial charge in [-0.3, -0.25) is 4.98 Å². The number of aromatic nitrogens is 4. The minimum absolute atomic E-state index is 0.416. The van der Waals surface area contributed by atoms with Crippen molar-refractivity contribution in [2.75, 3.05) is 7.11 Å². The van der Waals surface area contributed by atoms with E-state index in [4.69, 9.17) is 9.47 Å². The average Bonchev–Trinajstić information content (AvgIpc) is 3.20. The standard InChI is InChI=1S/C22H18N4O3S/c1-14-19(30-21(26-14)20-24-9-4-10-25-20)22(27)29-18(15-7-11-23-12-8-15)16-5-3-6-17(13-16)28-2/h3-13,18H,1-2H3. The van der Waals surface area contributed by atoms with E-state index in [1.54, 1.807) is 44.9 Å². The molecule has 0 saturated heterocycles. The first-order chi connectivity index (χ1) is 14.7. The van der Waals surface area contributed by atoms with Gasteiger partial charge in [0.2, 0.25) is 0 Å². The lowest BCUT2D eigenvalue weighted by atomic mass is 10.0. The van der Waals surface area contributed by atoms with Crippen molar-refractivity contribution in [1.82, 2.24) is 19.9 Å². The van der Waals surface area contributed by atoms with Crippen LogP contribution < -0.4 is 4.74 Å². The maximum absolute atomic E-state index is 13.1. The van der Waals surface area contributed by atoms with Gasteiger partial charge < -0.3 is 9.47 Å². The highest BCUT2D eigenvalue weighted by molar-refractivity contribution is 7.16. The zero-order valence-corrected chi connectivity index (χ0v) is 17.2. The van der Waals surface area contributed by atoms with Gasteiger partial charge in [0, 0.05) is 35.9 Å². The van der Waals surface area contributed by atoms with E-state index in [-0.39, 0.29) is 0 Å². The molecular weight excluding hydrogens is 400 g/mol. The van der Waals surface area contributed by atoms with E-state index in [9.17, 15) is 4.79 Å². The summed E-state index contributed by atoms with van der Waals surface area (Å²) in [6, 6.07) is 12.8. The third-order valence-corrected chi connectivity index (χ3v) is 5.50. The Kier molecular flexibility index (Phi) is 5.76. The number of rotatable bonds is 6. The molecule has 0 saturated carbocycles. The highest BCUT2D eigenvalue weighted by Crippen LogP contribution is 2.32. The van der Waals surface area contributed by atoms with Gasteiger partial charge >= 0.3 is 5.97 Å². The largest absolute Gasteiger partial charge is 0.497 e. The van der Waals surface area contributed by atoms with Crippen molar-refractivity contribution in [1.29, 1.82) is 0 Å². The quantitative estimate of drug-likeness (QED) is 0.432. The Morgan fingerprint density at radius 1 is 1.00 bits per heavy atom. The monoisotopic (exact) mass is 418 g/mol. The number of thiazole rings is 1. The van der Waals surface area contributed by atoms with E-state index >= 15 is 0 Å². The number of methoxy groups -OCH3 is 1. The van der Waals surface area contributed by atoms with E-state index in [1.165, 1.54) is 11.3 Å². The molecule has 1 unspecified atom stereocenters. The number of hydrogen-bond donors (Lipinski definition) is 0. The van der Waals surface area contributed by atoms with Gasteiger partial charge in [-0.15, -0.1) is 11.3 Å². The van der Waals surface area contributed by atoms with Crippen molar-refractivity contribution in [3.05, 3.63) is 88.9 Å². The number of nitrogens with zero attached hydrogens (tertiary/aromatic N) is 4. The second kappa shape index (κ2) is 8.79. The van der Waals surface area contributed by atoms with Gasteiger partial charge in [-0.05, 0) is 37.3 Å². The van der Waals surface area contributed by atoms with Gasteiger partial charge in [0.25, 0.3) is 0 Å². The van der Waals surface area contributed by atoms with Crippen LogP contribution in [-0.4, -0.2) is 33.0 Å². The lowest BCUT2D eigenvalue weighted by molar-refractivity contribution is 0.0382. The summed E-state index contributed by atoms with van der Waals surface area (Å²) in [6.07, 6.45) is 5.99. The maximum atomic E-state index is 13.1. The van der Waals surface area contributed by atoms with Crippen molar-refractivity contribution in [3.63, 3.8) is 0 Å². The highest BCUT2D eigenvalue weighted by atomic mass is 32.1. The highest BCUT2D eigenvalue weighted by Gasteiger charge is 2.24. The second-order valence-electron chi connectivity index (χ2n) is 6.35. The molecule has 7 nitrogen and oxygen atoms in total. The number of carbonyl (C=O) groups is 1.